The van der Waals surface area contributed by atoms with Gasteiger partial charge in [0.15, 0.2) is 5.82 Å². The molecule has 1 aromatic heterocycles. The van der Waals surface area contributed by atoms with Crippen LogP contribution in [0.15, 0.2) is 22.7 Å². The summed E-state index contributed by atoms with van der Waals surface area (Å²) in [5.41, 5.74) is -0.101. The molecule has 1 aliphatic rings. The zero-order valence-electron chi connectivity index (χ0n) is 13.8. The molecule has 0 unspecified atom stereocenters. The normalized spacial score (nSPS) is 16.1. The van der Waals surface area contributed by atoms with Gasteiger partial charge in [0, 0.05) is 10.9 Å². The number of hydrogen-bond donors (Lipinski definition) is 0. The Labute approximate surface area is 151 Å². The Morgan fingerprint density at radius 1 is 1.32 bits per heavy atom. The number of rotatable bonds is 5. The standard InChI is InChI=1S/C16H19ClFN3O3S/c1-25(22,23)21(14-8-7-12(17)9-13(14)18)10-15-19-16(24-20-15)11-5-3-2-4-6-11/h7-9,11H,2-6,10H2,1H3. The topological polar surface area (TPSA) is 76.3 Å². The van der Waals surface area contributed by atoms with Gasteiger partial charge in [-0.25, -0.2) is 12.8 Å². The van der Waals surface area contributed by atoms with E-state index in [2.05, 4.69) is 10.1 Å². The van der Waals surface area contributed by atoms with Crippen LogP contribution in [0.25, 0.3) is 0 Å². The Morgan fingerprint density at radius 2 is 2.04 bits per heavy atom. The fourth-order valence-electron chi connectivity index (χ4n) is 3.04. The van der Waals surface area contributed by atoms with Crippen molar-refractivity contribution in [3.8, 4) is 0 Å². The predicted molar refractivity (Wildman–Crippen MR) is 92.6 cm³/mol. The number of aromatic nitrogens is 2. The van der Waals surface area contributed by atoms with Crippen molar-refractivity contribution in [3.63, 3.8) is 0 Å². The van der Waals surface area contributed by atoms with Gasteiger partial charge in [-0.3, -0.25) is 4.31 Å². The molecule has 1 aliphatic carbocycles. The van der Waals surface area contributed by atoms with Gasteiger partial charge < -0.3 is 4.52 Å². The number of halogens is 2. The average molecular weight is 388 g/mol. The monoisotopic (exact) mass is 387 g/mol. The van der Waals surface area contributed by atoms with Gasteiger partial charge in [-0.15, -0.1) is 0 Å². The zero-order chi connectivity index (χ0) is 18.0. The van der Waals surface area contributed by atoms with E-state index in [1.54, 1.807) is 0 Å². The van der Waals surface area contributed by atoms with E-state index in [4.69, 9.17) is 16.1 Å². The molecule has 2 aromatic rings. The van der Waals surface area contributed by atoms with E-state index in [0.717, 1.165) is 42.3 Å². The van der Waals surface area contributed by atoms with Gasteiger partial charge in [-0.1, -0.05) is 36.0 Å². The minimum absolute atomic E-state index is 0.101. The molecule has 3 rings (SSSR count). The second-order valence-electron chi connectivity index (χ2n) is 6.25. The molecular weight excluding hydrogens is 369 g/mol. The molecular formula is C16H19ClFN3O3S. The molecule has 0 bridgehead atoms. The largest absolute Gasteiger partial charge is 0.339 e. The summed E-state index contributed by atoms with van der Waals surface area (Å²) in [7, 11) is -3.74. The number of nitrogens with zero attached hydrogens (tertiary/aromatic N) is 3. The van der Waals surface area contributed by atoms with E-state index in [-0.39, 0.29) is 29.0 Å². The highest BCUT2D eigenvalue weighted by molar-refractivity contribution is 7.92. The van der Waals surface area contributed by atoms with Crippen LogP contribution in [-0.4, -0.2) is 24.8 Å². The summed E-state index contributed by atoms with van der Waals surface area (Å²) >= 11 is 5.74. The quantitative estimate of drug-likeness (QED) is 0.778. The zero-order valence-corrected chi connectivity index (χ0v) is 15.4. The smallest absolute Gasteiger partial charge is 0.232 e. The van der Waals surface area contributed by atoms with Crippen LogP contribution in [-0.2, 0) is 16.6 Å². The van der Waals surface area contributed by atoms with Crippen LogP contribution in [0.5, 0.6) is 0 Å². The number of hydrogen-bond acceptors (Lipinski definition) is 5. The van der Waals surface area contributed by atoms with Gasteiger partial charge in [-0.05, 0) is 31.0 Å². The van der Waals surface area contributed by atoms with Gasteiger partial charge in [-0.2, -0.15) is 4.98 Å². The first-order chi connectivity index (χ1) is 11.8. The van der Waals surface area contributed by atoms with Gasteiger partial charge in [0.2, 0.25) is 15.9 Å². The van der Waals surface area contributed by atoms with Crippen molar-refractivity contribution >= 4 is 27.3 Å². The Hall–Kier alpha value is -1.67. The summed E-state index contributed by atoms with van der Waals surface area (Å²) in [4.78, 5) is 4.33. The fraction of sp³-hybridized carbons (Fsp3) is 0.500. The van der Waals surface area contributed by atoms with Crippen molar-refractivity contribution < 1.29 is 17.3 Å². The van der Waals surface area contributed by atoms with Crippen LogP contribution in [0.1, 0.15) is 49.7 Å². The predicted octanol–water partition coefficient (Wildman–Crippen LogP) is 3.88. The highest BCUT2D eigenvalue weighted by Gasteiger charge is 2.26. The van der Waals surface area contributed by atoms with Crippen LogP contribution >= 0.6 is 11.6 Å². The highest BCUT2D eigenvalue weighted by Crippen LogP contribution is 2.32. The summed E-state index contributed by atoms with van der Waals surface area (Å²) in [5, 5.41) is 4.07. The van der Waals surface area contributed by atoms with E-state index in [1.807, 2.05) is 0 Å². The summed E-state index contributed by atoms with van der Waals surface area (Å²) in [6.45, 7) is -0.201. The van der Waals surface area contributed by atoms with Crippen LogP contribution < -0.4 is 4.31 Å². The molecule has 6 nitrogen and oxygen atoms in total. The first kappa shape index (κ1) is 18.1. The summed E-state index contributed by atoms with van der Waals surface area (Å²) in [6, 6.07) is 3.82. The van der Waals surface area contributed by atoms with Gasteiger partial charge in [0.1, 0.15) is 5.82 Å². The molecule has 25 heavy (non-hydrogen) atoms. The minimum atomic E-state index is -3.74. The van der Waals surface area contributed by atoms with Crippen LogP contribution in [0.2, 0.25) is 5.02 Å². The average Bonchev–Trinajstić information content (AvgIpc) is 3.02. The molecule has 1 fully saturated rings. The maximum atomic E-state index is 14.2. The third-order valence-corrected chi connectivity index (χ3v) is 5.66. The van der Waals surface area contributed by atoms with E-state index < -0.39 is 15.8 Å². The maximum absolute atomic E-state index is 14.2. The van der Waals surface area contributed by atoms with Crippen molar-refractivity contribution in [1.29, 1.82) is 0 Å². The molecule has 0 radical (unpaired) electrons. The van der Waals surface area contributed by atoms with E-state index >= 15 is 0 Å². The van der Waals surface area contributed by atoms with Gasteiger partial charge in [0.05, 0.1) is 18.5 Å². The number of sulfonamides is 1. The molecule has 0 atom stereocenters. The highest BCUT2D eigenvalue weighted by atomic mass is 35.5. The van der Waals surface area contributed by atoms with Crippen LogP contribution in [0.4, 0.5) is 10.1 Å². The Morgan fingerprint density at radius 3 is 2.68 bits per heavy atom. The molecule has 1 saturated carbocycles. The molecule has 1 aromatic carbocycles. The van der Waals surface area contributed by atoms with E-state index in [9.17, 15) is 12.8 Å². The van der Waals surface area contributed by atoms with Crippen LogP contribution in [0.3, 0.4) is 0 Å². The number of anilines is 1. The van der Waals surface area contributed by atoms with Crippen molar-refractivity contribution in [1.82, 2.24) is 10.1 Å². The van der Waals surface area contributed by atoms with E-state index in [0.29, 0.717) is 5.89 Å². The summed E-state index contributed by atoms with van der Waals surface area (Å²) in [5.74, 6) is 0.225. The maximum Gasteiger partial charge on any atom is 0.232 e. The lowest BCUT2D eigenvalue weighted by molar-refractivity contribution is 0.312. The fourth-order valence-corrected chi connectivity index (χ4v) is 4.05. The molecule has 0 spiro atoms. The molecule has 136 valence electrons. The first-order valence-electron chi connectivity index (χ1n) is 8.10. The Balaban J connectivity index is 1.85. The Bertz CT molecular complexity index is 850. The second kappa shape index (κ2) is 7.29. The summed E-state index contributed by atoms with van der Waals surface area (Å²) in [6.07, 6.45) is 6.42. The molecule has 0 amide bonds. The lowest BCUT2D eigenvalue weighted by atomic mass is 9.89. The van der Waals surface area contributed by atoms with Crippen molar-refractivity contribution in [2.75, 3.05) is 10.6 Å². The molecule has 9 heteroatoms. The van der Waals surface area contributed by atoms with Crippen LogP contribution in [0, 0.1) is 5.82 Å². The lowest BCUT2D eigenvalue weighted by Gasteiger charge is -2.21. The lowest BCUT2D eigenvalue weighted by Crippen LogP contribution is -2.30. The molecule has 0 saturated heterocycles. The SMILES string of the molecule is CS(=O)(=O)N(Cc1noc(C2CCCCC2)n1)c1ccc(Cl)cc1F. The summed E-state index contributed by atoms with van der Waals surface area (Å²) < 4.78 is 44.6. The first-order valence-corrected chi connectivity index (χ1v) is 10.3. The van der Waals surface area contributed by atoms with Crippen molar-refractivity contribution in [2.24, 2.45) is 0 Å². The van der Waals surface area contributed by atoms with Gasteiger partial charge >= 0.3 is 0 Å². The van der Waals surface area contributed by atoms with Crippen molar-refractivity contribution in [2.45, 2.75) is 44.6 Å². The second-order valence-corrected chi connectivity index (χ2v) is 8.59. The molecule has 0 N–H and O–H groups in total. The third-order valence-electron chi connectivity index (χ3n) is 4.30. The third kappa shape index (κ3) is 4.30. The van der Waals surface area contributed by atoms with Gasteiger partial charge in [0.25, 0.3) is 0 Å². The Kier molecular flexibility index (Phi) is 5.29. The van der Waals surface area contributed by atoms with E-state index in [1.165, 1.54) is 18.6 Å². The molecule has 0 aliphatic heterocycles. The minimum Gasteiger partial charge on any atom is -0.339 e. The number of benzene rings is 1. The van der Waals surface area contributed by atoms with Crippen molar-refractivity contribution in [3.05, 3.63) is 40.8 Å². The molecule has 1 heterocycles.